The second-order valence-corrected chi connectivity index (χ2v) is 4.72. The number of hydrogen-bond donors (Lipinski definition) is 0. The highest BCUT2D eigenvalue weighted by Gasteiger charge is 2.16. The molecule has 15 heavy (non-hydrogen) atoms. The maximum Gasteiger partial charge on any atom is 0.186 e. The number of aryl methyl sites for hydroxylation is 2. The first kappa shape index (κ1) is 8.97. The Kier molecular flexibility index (Phi) is 2.02. The molecule has 0 atom stereocenters. The molecule has 0 bridgehead atoms. The minimum absolute atomic E-state index is 0.845. The Hall–Kier alpha value is -1.29. The largest absolute Gasteiger partial charge is 0.239 e. The molecular weight excluding hydrogens is 206 g/mol. The molecule has 1 aliphatic rings. The highest BCUT2D eigenvalue weighted by molar-refractivity contribution is 7.99. The zero-order valence-electron chi connectivity index (χ0n) is 8.47. The van der Waals surface area contributed by atoms with Crippen LogP contribution in [0.25, 0.3) is 11.4 Å². The van der Waals surface area contributed by atoms with E-state index in [1.165, 1.54) is 5.56 Å². The molecule has 2 heterocycles. The van der Waals surface area contributed by atoms with Gasteiger partial charge in [0.2, 0.25) is 0 Å². The summed E-state index contributed by atoms with van der Waals surface area (Å²) in [5.74, 6) is 1.95. The normalized spacial score (nSPS) is 14.2. The zero-order chi connectivity index (χ0) is 10.3. The molecular formula is C11H11N3S. The maximum atomic E-state index is 4.51. The van der Waals surface area contributed by atoms with Crippen molar-refractivity contribution in [1.82, 2.24) is 14.8 Å². The number of nitrogens with zero attached hydrogens (tertiary/aromatic N) is 3. The Balaban J connectivity index is 2.02. The van der Waals surface area contributed by atoms with E-state index in [4.69, 9.17) is 0 Å². The standard InChI is InChI=1S/C11H11N3S/c1-8-2-4-9(5-3-8)10-12-11-14(13-10)6-7-15-11/h2-5H,6-7H2,1H3. The molecule has 0 amide bonds. The molecule has 76 valence electrons. The van der Waals surface area contributed by atoms with E-state index in [1.807, 2.05) is 4.68 Å². The van der Waals surface area contributed by atoms with Crippen LogP contribution >= 0.6 is 11.8 Å². The minimum Gasteiger partial charge on any atom is -0.239 e. The van der Waals surface area contributed by atoms with Gasteiger partial charge in [0.15, 0.2) is 11.0 Å². The van der Waals surface area contributed by atoms with Crippen molar-refractivity contribution >= 4 is 11.8 Å². The lowest BCUT2D eigenvalue weighted by Crippen LogP contribution is -1.95. The molecule has 1 aromatic carbocycles. The first-order valence-corrected chi connectivity index (χ1v) is 5.96. The van der Waals surface area contributed by atoms with Crippen LogP contribution in [0.4, 0.5) is 0 Å². The Morgan fingerprint density at radius 3 is 2.80 bits per heavy atom. The molecule has 3 rings (SSSR count). The van der Waals surface area contributed by atoms with Crippen molar-refractivity contribution < 1.29 is 0 Å². The molecule has 0 spiro atoms. The summed E-state index contributed by atoms with van der Waals surface area (Å²) in [5, 5.41) is 5.52. The minimum atomic E-state index is 0.845. The van der Waals surface area contributed by atoms with Gasteiger partial charge in [0.1, 0.15) is 0 Å². The van der Waals surface area contributed by atoms with Crippen LogP contribution in [0.5, 0.6) is 0 Å². The van der Waals surface area contributed by atoms with E-state index >= 15 is 0 Å². The molecule has 4 heteroatoms. The molecule has 0 saturated heterocycles. The first-order valence-electron chi connectivity index (χ1n) is 4.97. The van der Waals surface area contributed by atoms with Crippen molar-refractivity contribution in [3.05, 3.63) is 29.8 Å². The quantitative estimate of drug-likeness (QED) is 0.734. The molecule has 2 aromatic rings. The molecule has 0 radical (unpaired) electrons. The van der Waals surface area contributed by atoms with Gasteiger partial charge in [-0.1, -0.05) is 41.6 Å². The van der Waals surface area contributed by atoms with Gasteiger partial charge in [-0.05, 0) is 6.92 Å². The van der Waals surface area contributed by atoms with Gasteiger partial charge in [-0.25, -0.2) is 9.67 Å². The average molecular weight is 217 g/mol. The fourth-order valence-electron chi connectivity index (χ4n) is 1.63. The van der Waals surface area contributed by atoms with Crippen LogP contribution < -0.4 is 0 Å². The van der Waals surface area contributed by atoms with Gasteiger partial charge < -0.3 is 0 Å². The van der Waals surface area contributed by atoms with Gasteiger partial charge in [-0.2, -0.15) is 0 Å². The highest BCUT2D eigenvalue weighted by Crippen LogP contribution is 2.26. The number of rotatable bonds is 1. The van der Waals surface area contributed by atoms with Crippen LogP contribution in [0.2, 0.25) is 0 Å². The lowest BCUT2D eigenvalue weighted by molar-refractivity contribution is 0.626. The Morgan fingerprint density at radius 1 is 1.27 bits per heavy atom. The van der Waals surface area contributed by atoms with Gasteiger partial charge >= 0.3 is 0 Å². The summed E-state index contributed by atoms with van der Waals surface area (Å²) in [6, 6.07) is 8.33. The third-order valence-corrected chi connectivity index (χ3v) is 3.43. The van der Waals surface area contributed by atoms with Gasteiger partial charge in [0, 0.05) is 11.3 Å². The van der Waals surface area contributed by atoms with Gasteiger partial charge in [-0.15, -0.1) is 5.10 Å². The second kappa shape index (κ2) is 3.38. The van der Waals surface area contributed by atoms with E-state index < -0.39 is 0 Å². The van der Waals surface area contributed by atoms with Crippen molar-refractivity contribution in [3.8, 4) is 11.4 Å². The molecule has 0 N–H and O–H groups in total. The van der Waals surface area contributed by atoms with Crippen molar-refractivity contribution in [2.75, 3.05) is 5.75 Å². The van der Waals surface area contributed by atoms with Crippen molar-refractivity contribution in [2.45, 2.75) is 18.6 Å². The Bertz CT molecular complexity index is 466. The van der Waals surface area contributed by atoms with Crippen LogP contribution in [0.1, 0.15) is 5.56 Å². The summed E-state index contributed by atoms with van der Waals surface area (Å²) in [6.45, 7) is 3.07. The third-order valence-electron chi connectivity index (χ3n) is 2.48. The fraction of sp³-hybridized carbons (Fsp3) is 0.273. The molecule has 1 aliphatic heterocycles. The molecule has 1 aromatic heterocycles. The summed E-state index contributed by atoms with van der Waals surface area (Å²) in [7, 11) is 0. The molecule has 0 saturated carbocycles. The van der Waals surface area contributed by atoms with Crippen molar-refractivity contribution in [2.24, 2.45) is 0 Å². The molecule has 0 aliphatic carbocycles. The van der Waals surface area contributed by atoms with Crippen LogP contribution in [0.3, 0.4) is 0 Å². The van der Waals surface area contributed by atoms with Crippen LogP contribution in [0, 0.1) is 6.92 Å². The molecule has 3 nitrogen and oxygen atoms in total. The van der Waals surface area contributed by atoms with E-state index in [1.54, 1.807) is 11.8 Å². The highest BCUT2D eigenvalue weighted by atomic mass is 32.2. The van der Waals surface area contributed by atoms with Gasteiger partial charge in [0.25, 0.3) is 0 Å². The van der Waals surface area contributed by atoms with E-state index in [-0.39, 0.29) is 0 Å². The SMILES string of the molecule is Cc1ccc(-c2nc3n(n2)CCS3)cc1. The van der Waals surface area contributed by atoms with Crippen molar-refractivity contribution in [3.63, 3.8) is 0 Å². The Morgan fingerprint density at radius 2 is 2.07 bits per heavy atom. The molecule has 0 unspecified atom stereocenters. The van der Waals surface area contributed by atoms with Gasteiger partial charge in [-0.3, -0.25) is 0 Å². The molecule has 0 fully saturated rings. The average Bonchev–Trinajstić information content (AvgIpc) is 2.78. The zero-order valence-corrected chi connectivity index (χ0v) is 9.29. The summed E-state index contributed by atoms with van der Waals surface area (Å²) in [4.78, 5) is 4.51. The Labute approximate surface area is 92.5 Å². The number of aromatic nitrogens is 3. The topological polar surface area (TPSA) is 30.7 Å². The maximum absolute atomic E-state index is 4.51. The smallest absolute Gasteiger partial charge is 0.186 e. The fourth-order valence-corrected chi connectivity index (χ4v) is 2.51. The first-order chi connectivity index (χ1) is 7.33. The predicted octanol–water partition coefficient (Wildman–Crippen LogP) is 2.36. The summed E-state index contributed by atoms with van der Waals surface area (Å²) >= 11 is 1.78. The lowest BCUT2D eigenvalue weighted by Gasteiger charge is -1.96. The second-order valence-electron chi connectivity index (χ2n) is 3.66. The van der Waals surface area contributed by atoms with Crippen LogP contribution in [0.15, 0.2) is 29.4 Å². The summed E-state index contributed by atoms with van der Waals surface area (Å²) in [6.07, 6.45) is 0. The predicted molar refractivity (Wildman–Crippen MR) is 60.9 cm³/mol. The van der Waals surface area contributed by atoms with E-state index in [0.29, 0.717) is 0 Å². The summed E-state index contributed by atoms with van der Waals surface area (Å²) in [5.41, 5.74) is 2.36. The number of fused-ring (bicyclic) bond motifs is 1. The lowest BCUT2D eigenvalue weighted by atomic mass is 10.1. The number of hydrogen-bond acceptors (Lipinski definition) is 3. The summed E-state index contributed by atoms with van der Waals surface area (Å²) < 4.78 is 1.99. The van der Waals surface area contributed by atoms with E-state index in [0.717, 1.165) is 28.8 Å². The third kappa shape index (κ3) is 1.55. The number of thioether (sulfide) groups is 1. The number of benzene rings is 1. The van der Waals surface area contributed by atoms with Gasteiger partial charge in [0.05, 0.1) is 6.54 Å². The van der Waals surface area contributed by atoms with Crippen LogP contribution in [-0.2, 0) is 6.54 Å². The monoisotopic (exact) mass is 217 g/mol. The van der Waals surface area contributed by atoms with Crippen LogP contribution in [-0.4, -0.2) is 20.5 Å². The van der Waals surface area contributed by atoms with E-state index in [9.17, 15) is 0 Å². The van der Waals surface area contributed by atoms with E-state index in [2.05, 4.69) is 41.3 Å². The van der Waals surface area contributed by atoms with Crippen molar-refractivity contribution in [1.29, 1.82) is 0 Å².